The second-order valence-corrected chi connectivity index (χ2v) is 6.64. The lowest BCUT2D eigenvalue weighted by Crippen LogP contribution is -2.24. The van der Waals surface area contributed by atoms with Crippen molar-refractivity contribution in [2.24, 2.45) is 0 Å². The average Bonchev–Trinajstić information content (AvgIpc) is 2.95. The number of hydrogen-bond acceptors (Lipinski definition) is 6. The minimum absolute atomic E-state index is 0.177. The molecule has 1 aromatic carbocycles. The quantitative estimate of drug-likeness (QED) is 0.481. The molecule has 0 bridgehead atoms. The first kappa shape index (κ1) is 19.8. The minimum Gasteiger partial charge on any atom is -0.479 e. The molecule has 6 nitrogen and oxygen atoms in total. The molecule has 1 unspecified atom stereocenters. The van der Waals surface area contributed by atoms with E-state index in [0.717, 1.165) is 15.9 Å². The average molecular weight is 416 g/mol. The molecule has 0 amide bonds. The van der Waals surface area contributed by atoms with E-state index in [1.807, 2.05) is 0 Å². The van der Waals surface area contributed by atoms with Crippen LogP contribution in [-0.2, 0) is 15.7 Å². The van der Waals surface area contributed by atoms with E-state index in [1.165, 1.54) is 32.2 Å². The van der Waals surface area contributed by atoms with Crippen molar-refractivity contribution in [1.29, 1.82) is 0 Å². The fourth-order valence-electron chi connectivity index (χ4n) is 2.44. The van der Waals surface area contributed by atoms with Crippen molar-refractivity contribution in [3.8, 4) is 11.6 Å². The summed E-state index contributed by atoms with van der Waals surface area (Å²) < 4.78 is 63.7. The van der Waals surface area contributed by atoms with Crippen molar-refractivity contribution in [3.63, 3.8) is 0 Å². The summed E-state index contributed by atoms with van der Waals surface area (Å²) in [5, 5.41) is 0. The van der Waals surface area contributed by atoms with Crippen LogP contribution in [0.1, 0.15) is 12.5 Å². The van der Waals surface area contributed by atoms with Gasteiger partial charge >= 0.3 is 17.0 Å². The monoisotopic (exact) mass is 416 g/mol. The zero-order valence-electron chi connectivity index (χ0n) is 14.4. The minimum atomic E-state index is -4.76. The van der Waals surface area contributed by atoms with Crippen LogP contribution < -0.4 is 9.61 Å². The molecule has 11 heteroatoms. The number of thiazole rings is 1. The Labute approximate surface area is 158 Å². The van der Waals surface area contributed by atoms with Gasteiger partial charge in [0.25, 0.3) is 0 Å². The van der Waals surface area contributed by atoms with Gasteiger partial charge in [-0.2, -0.15) is 13.2 Å². The molecule has 0 spiro atoms. The zero-order chi connectivity index (χ0) is 20.6. The molecular formula is C17H12F4N2O4S. The lowest BCUT2D eigenvalue weighted by molar-refractivity contribution is -0.148. The Morgan fingerprint density at radius 3 is 2.61 bits per heavy atom. The predicted octanol–water partition coefficient (Wildman–Crippen LogP) is 3.55. The van der Waals surface area contributed by atoms with Gasteiger partial charge in [0.1, 0.15) is 5.75 Å². The van der Waals surface area contributed by atoms with Gasteiger partial charge in [0.2, 0.25) is 0 Å². The lowest BCUT2D eigenvalue weighted by Gasteiger charge is -2.13. The van der Waals surface area contributed by atoms with Gasteiger partial charge in [-0.3, -0.25) is 4.79 Å². The number of carbonyl (C=O) groups is 1. The molecule has 0 N–H and O–H groups in total. The Morgan fingerprint density at radius 2 is 2.00 bits per heavy atom. The van der Waals surface area contributed by atoms with Crippen LogP contribution in [0.2, 0.25) is 0 Å². The second-order valence-electron chi connectivity index (χ2n) is 5.64. The Balaban J connectivity index is 2.09. The van der Waals surface area contributed by atoms with Gasteiger partial charge in [-0.15, -0.1) is 0 Å². The maximum absolute atomic E-state index is 14.3. The summed E-state index contributed by atoms with van der Waals surface area (Å²) in [5.74, 6) is -2.31. The molecule has 0 fully saturated rings. The predicted molar refractivity (Wildman–Crippen MR) is 92.3 cm³/mol. The highest BCUT2D eigenvalue weighted by Crippen LogP contribution is 2.31. The number of ether oxygens (including phenoxy) is 2. The molecule has 28 heavy (non-hydrogen) atoms. The molecule has 0 radical (unpaired) electrons. The Bertz CT molecular complexity index is 1110. The van der Waals surface area contributed by atoms with E-state index in [9.17, 15) is 27.2 Å². The van der Waals surface area contributed by atoms with Gasteiger partial charge in [0.05, 0.1) is 22.9 Å². The summed E-state index contributed by atoms with van der Waals surface area (Å²) >= 11 is 0.762. The number of pyridine rings is 1. The van der Waals surface area contributed by atoms with Crippen LogP contribution in [0.15, 0.2) is 35.3 Å². The van der Waals surface area contributed by atoms with Crippen molar-refractivity contribution in [2.45, 2.75) is 19.2 Å². The summed E-state index contributed by atoms with van der Waals surface area (Å²) in [4.78, 5) is 26.6. The summed E-state index contributed by atoms with van der Waals surface area (Å²) in [5.41, 5.74) is -1.09. The van der Waals surface area contributed by atoms with Gasteiger partial charge in [-0.25, -0.2) is 18.7 Å². The first-order valence-electron chi connectivity index (χ1n) is 7.75. The van der Waals surface area contributed by atoms with E-state index in [2.05, 4.69) is 9.72 Å². The van der Waals surface area contributed by atoms with Crippen LogP contribution in [0, 0.1) is 5.82 Å². The van der Waals surface area contributed by atoms with Gasteiger partial charge in [-0.1, -0.05) is 11.3 Å². The molecule has 3 aromatic rings. The number of methoxy groups -OCH3 is 1. The molecule has 0 aliphatic heterocycles. The van der Waals surface area contributed by atoms with E-state index < -0.39 is 40.3 Å². The number of benzene rings is 1. The molecule has 3 rings (SSSR count). The maximum atomic E-state index is 14.3. The van der Waals surface area contributed by atoms with Gasteiger partial charge in [0.15, 0.2) is 17.7 Å². The van der Waals surface area contributed by atoms with Crippen molar-refractivity contribution >= 4 is 27.5 Å². The van der Waals surface area contributed by atoms with Crippen LogP contribution in [0.3, 0.4) is 0 Å². The fourth-order valence-corrected chi connectivity index (χ4v) is 3.29. The SMILES string of the molecule is COC(=O)C(C)Oc1ccc2sc(=O)n(-c3ncc(C(F)(F)F)cc3F)c2c1. The lowest BCUT2D eigenvalue weighted by atomic mass is 10.2. The highest BCUT2D eigenvalue weighted by molar-refractivity contribution is 7.16. The van der Waals surface area contributed by atoms with Crippen LogP contribution >= 0.6 is 11.3 Å². The largest absolute Gasteiger partial charge is 0.479 e. The number of carbonyl (C=O) groups excluding carboxylic acids is 1. The Hall–Kier alpha value is -2.95. The fraction of sp³-hybridized carbons (Fsp3) is 0.235. The third-order valence-corrected chi connectivity index (χ3v) is 4.68. The smallest absolute Gasteiger partial charge is 0.417 e. The molecule has 2 aromatic heterocycles. The standard InChI is InChI=1S/C17H12F4N2O4S/c1-8(15(24)26-2)27-10-3-4-13-12(6-10)23(16(25)28-13)14-11(18)5-9(7-22-14)17(19,20)21/h3-8H,1-2H3. The van der Waals surface area contributed by atoms with Crippen LogP contribution in [0.5, 0.6) is 5.75 Å². The van der Waals surface area contributed by atoms with Crippen LogP contribution in [-0.4, -0.2) is 28.7 Å². The highest BCUT2D eigenvalue weighted by Gasteiger charge is 2.32. The molecule has 1 atom stereocenters. The molecule has 0 aliphatic carbocycles. The zero-order valence-corrected chi connectivity index (χ0v) is 15.2. The Morgan fingerprint density at radius 1 is 1.29 bits per heavy atom. The highest BCUT2D eigenvalue weighted by atomic mass is 32.1. The number of alkyl halides is 3. The van der Waals surface area contributed by atoms with Crippen molar-refractivity contribution in [3.05, 3.63) is 51.5 Å². The summed E-state index contributed by atoms with van der Waals surface area (Å²) in [6, 6.07) is 4.65. The second kappa shape index (κ2) is 7.23. The maximum Gasteiger partial charge on any atom is 0.417 e. The van der Waals surface area contributed by atoms with Crippen molar-refractivity contribution in [2.75, 3.05) is 7.11 Å². The van der Waals surface area contributed by atoms with Crippen LogP contribution in [0.25, 0.3) is 16.0 Å². The molecular weight excluding hydrogens is 404 g/mol. The first-order chi connectivity index (χ1) is 13.1. The van der Waals surface area contributed by atoms with Gasteiger partial charge in [-0.05, 0) is 25.1 Å². The summed E-state index contributed by atoms with van der Waals surface area (Å²) in [7, 11) is 1.20. The van der Waals surface area contributed by atoms with Gasteiger partial charge in [0, 0.05) is 12.3 Å². The normalized spacial score (nSPS) is 12.8. The Kier molecular flexibility index (Phi) is 5.11. The van der Waals surface area contributed by atoms with E-state index in [4.69, 9.17) is 4.74 Å². The van der Waals surface area contributed by atoms with E-state index in [1.54, 1.807) is 0 Å². The number of rotatable bonds is 4. The van der Waals surface area contributed by atoms with Crippen LogP contribution in [0.4, 0.5) is 17.6 Å². The number of esters is 1. The third kappa shape index (κ3) is 3.70. The van der Waals surface area contributed by atoms with E-state index in [0.29, 0.717) is 10.9 Å². The number of aromatic nitrogens is 2. The number of fused-ring (bicyclic) bond motifs is 1. The van der Waals surface area contributed by atoms with Gasteiger partial charge < -0.3 is 9.47 Å². The number of nitrogens with zero attached hydrogens (tertiary/aromatic N) is 2. The molecule has 2 heterocycles. The van der Waals surface area contributed by atoms with Crippen molar-refractivity contribution < 1.29 is 31.8 Å². The van der Waals surface area contributed by atoms with E-state index >= 15 is 0 Å². The first-order valence-corrected chi connectivity index (χ1v) is 8.56. The topological polar surface area (TPSA) is 70.4 Å². The van der Waals surface area contributed by atoms with E-state index in [-0.39, 0.29) is 17.3 Å². The molecule has 0 saturated carbocycles. The summed E-state index contributed by atoms with van der Waals surface area (Å²) in [6.45, 7) is 1.45. The van der Waals surface area contributed by atoms with Crippen molar-refractivity contribution in [1.82, 2.24) is 9.55 Å². The number of hydrogen-bond donors (Lipinski definition) is 0. The third-order valence-electron chi connectivity index (χ3n) is 3.76. The number of halogens is 4. The molecule has 0 aliphatic rings. The molecule has 148 valence electrons. The molecule has 0 saturated heterocycles. The summed E-state index contributed by atoms with van der Waals surface area (Å²) in [6.07, 6.45) is -5.25.